The van der Waals surface area contributed by atoms with Crippen LogP contribution in [0.4, 0.5) is 0 Å². The standard InChI is InChI=1S/C22H20N2O4/c1-27-22(26)19-12-11-18(28-19)21-23-20(25)14-24(21)13-15-7-9-17(10-8-15)16-5-3-2-4-6-16/h2-12,21H,13-14H2,1H3,(H,23,25)/t21-/m0/s1. The van der Waals surface area contributed by atoms with Crippen LogP contribution in [0.25, 0.3) is 11.1 Å². The second-order valence-corrected chi connectivity index (χ2v) is 6.63. The molecule has 3 aromatic rings. The third kappa shape index (κ3) is 3.68. The van der Waals surface area contributed by atoms with Gasteiger partial charge in [-0.2, -0.15) is 0 Å². The Morgan fingerprint density at radius 2 is 1.79 bits per heavy atom. The van der Waals surface area contributed by atoms with Crippen LogP contribution >= 0.6 is 0 Å². The summed E-state index contributed by atoms with van der Waals surface area (Å²) in [6, 6.07) is 21.7. The first-order valence-corrected chi connectivity index (χ1v) is 9.00. The van der Waals surface area contributed by atoms with Gasteiger partial charge >= 0.3 is 5.97 Å². The molecule has 0 bridgehead atoms. The van der Waals surface area contributed by atoms with Crippen LogP contribution in [0.1, 0.15) is 28.0 Å². The second-order valence-electron chi connectivity index (χ2n) is 6.63. The summed E-state index contributed by atoms with van der Waals surface area (Å²) in [6.07, 6.45) is -0.417. The van der Waals surface area contributed by atoms with Crippen LogP contribution in [0.2, 0.25) is 0 Å². The summed E-state index contributed by atoms with van der Waals surface area (Å²) in [4.78, 5) is 25.6. The van der Waals surface area contributed by atoms with Crippen molar-refractivity contribution in [2.24, 2.45) is 0 Å². The Bertz CT molecular complexity index is 979. The number of hydrogen-bond donors (Lipinski definition) is 1. The highest BCUT2D eigenvalue weighted by molar-refractivity contribution is 5.86. The summed E-state index contributed by atoms with van der Waals surface area (Å²) in [7, 11) is 1.30. The number of ether oxygens (including phenoxy) is 1. The second kappa shape index (κ2) is 7.70. The maximum absolute atomic E-state index is 12.0. The molecule has 142 valence electrons. The molecule has 6 heteroatoms. The molecule has 1 saturated heterocycles. The average molecular weight is 376 g/mol. The number of benzene rings is 2. The van der Waals surface area contributed by atoms with Crippen molar-refractivity contribution in [3.05, 3.63) is 83.8 Å². The van der Waals surface area contributed by atoms with Crippen LogP contribution in [0.3, 0.4) is 0 Å². The molecule has 0 saturated carbocycles. The Labute approximate surface area is 162 Å². The predicted molar refractivity (Wildman–Crippen MR) is 103 cm³/mol. The number of nitrogens with zero attached hydrogens (tertiary/aromatic N) is 1. The van der Waals surface area contributed by atoms with E-state index >= 15 is 0 Å². The number of carbonyl (C=O) groups excluding carboxylic acids is 2. The summed E-state index contributed by atoms with van der Waals surface area (Å²) >= 11 is 0. The number of amides is 1. The Balaban J connectivity index is 1.50. The van der Waals surface area contributed by atoms with Crippen molar-refractivity contribution < 1.29 is 18.7 Å². The molecule has 2 aromatic carbocycles. The highest BCUT2D eigenvalue weighted by Crippen LogP contribution is 2.27. The van der Waals surface area contributed by atoms with E-state index in [1.165, 1.54) is 7.11 Å². The highest BCUT2D eigenvalue weighted by Gasteiger charge is 2.33. The van der Waals surface area contributed by atoms with Gasteiger partial charge < -0.3 is 14.5 Å². The number of nitrogens with one attached hydrogen (secondary N) is 1. The number of carbonyl (C=O) groups is 2. The molecule has 28 heavy (non-hydrogen) atoms. The van der Waals surface area contributed by atoms with Gasteiger partial charge in [-0.25, -0.2) is 4.79 Å². The third-order valence-corrected chi connectivity index (χ3v) is 4.74. The molecule has 0 unspecified atom stereocenters. The molecule has 1 aliphatic rings. The van der Waals surface area contributed by atoms with Gasteiger partial charge in [0.1, 0.15) is 11.9 Å². The zero-order valence-corrected chi connectivity index (χ0v) is 15.4. The molecule has 1 fully saturated rings. The lowest BCUT2D eigenvalue weighted by Crippen LogP contribution is -2.27. The number of hydrogen-bond acceptors (Lipinski definition) is 5. The normalized spacial score (nSPS) is 16.8. The van der Waals surface area contributed by atoms with E-state index in [9.17, 15) is 9.59 Å². The fourth-order valence-electron chi connectivity index (χ4n) is 3.34. The molecule has 4 rings (SSSR count). The Morgan fingerprint density at radius 3 is 2.50 bits per heavy atom. The van der Waals surface area contributed by atoms with Crippen LogP contribution < -0.4 is 5.32 Å². The molecule has 1 atom stereocenters. The molecule has 1 aromatic heterocycles. The molecule has 1 amide bonds. The van der Waals surface area contributed by atoms with Crippen LogP contribution in [0.15, 0.2) is 71.1 Å². The monoisotopic (exact) mass is 376 g/mol. The van der Waals surface area contributed by atoms with Gasteiger partial charge in [0.25, 0.3) is 0 Å². The van der Waals surface area contributed by atoms with Crippen LogP contribution in [-0.4, -0.2) is 30.4 Å². The molecule has 1 aliphatic heterocycles. The first-order chi connectivity index (χ1) is 13.6. The maximum Gasteiger partial charge on any atom is 0.373 e. The quantitative estimate of drug-likeness (QED) is 0.692. The molecule has 0 radical (unpaired) electrons. The lowest BCUT2D eigenvalue weighted by Gasteiger charge is -2.21. The lowest BCUT2D eigenvalue weighted by atomic mass is 10.0. The lowest BCUT2D eigenvalue weighted by molar-refractivity contribution is -0.118. The van der Waals surface area contributed by atoms with Gasteiger partial charge in [0.2, 0.25) is 11.7 Å². The molecule has 1 N–H and O–H groups in total. The van der Waals surface area contributed by atoms with Crippen molar-refractivity contribution in [3.63, 3.8) is 0 Å². The van der Waals surface area contributed by atoms with Gasteiger partial charge in [-0.05, 0) is 28.8 Å². The Morgan fingerprint density at radius 1 is 1.07 bits per heavy atom. The minimum absolute atomic E-state index is 0.0816. The topological polar surface area (TPSA) is 71.8 Å². The fraction of sp³-hybridized carbons (Fsp3) is 0.182. The maximum atomic E-state index is 12.0. The summed E-state index contributed by atoms with van der Waals surface area (Å²) in [5.41, 5.74) is 3.39. The zero-order valence-electron chi connectivity index (χ0n) is 15.4. The van der Waals surface area contributed by atoms with Crippen molar-refractivity contribution in [3.8, 4) is 11.1 Å². The molecule has 0 spiro atoms. The largest absolute Gasteiger partial charge is 0.463 e. The van der Waals surface area contributed by atoms with E-state index in [1.54, 1.807) is 12.1 Å². The summed E-state index contributed by atoms with van der Waals surface area (Å²) in [5.74, 6) is -0.00137. The van der Waals surface area contributed by atoms with Gasteiger partial charge in [0, 0.05) is 6.54 Å². The number of esters is 1. The smallest absolute Gasteiger partial charge is 0.373 e. The SMILES string of the molecule is COC(=O)c1ccc([C@H]2NC(=O)CN2Cc2ccc(-c3ccccc3)cc2)o1. The van der Waals surface area contributed by atoms with Gasteiger partial charge in [-0.1, -0.05) is 54.6 Å². The van der Waals surface area contributed by atoms with Gasteiger partial charge in [0.15, 0.2) is 0 Å². The first kappa shape index (κ1) is 18.0. The van der Waals surface area contributed by atoms with Crippen molar-refractivity contribution in [1.82, 2.24) is 10.2 Å². The van der Waals surface area contributed by atoms with Crippen molar-refractivity contribution >= 4 is 11.9 Å². The van der Waals surface area contributed by atoms with Gasteiger partial charge in [-0.15, -0.1) is 0 Å². The summed E-state index contributed by atoms with van der Waals surface area (Å²) in [5, 5.41) is 2.89. The van der Waals surface area contributed by atoms with Crippen molar-refractivity contribution in [2.75, 3.05) is 13.7 Å². The zero-order chi connectivity index (χ0) is 19.5. The van der Waals surface area contributed by atoms with E-state index in [4.69, 9.17) is 4.42 Å². The summed E-state index contributed by atoms with van der Waals surface area (Å²) < 4.78 is 10.3. The third-order valence-electron chi connectivity index (χ3n) is 4.74. The molecule has 6 nitrogen and oxygen atoms in total. The van der Waals surface area contributed by atoms with Gasteiger partial charge in [0.05, 0.1) is 13.7 Å². The minimum atomic E-state index is -0.543. The van der Waals surface area contributed by atoms with Crippen LogP contribution in [-0.2, 0) is 16.1 Å². The highest BCUT2D eigenvalue weighted by atomic mass is 16.5. The average Bonchev–Trinajstić information content (AvgIpc) is 3.35. The number of methoxy groups -OCH3 is 1. The van der Waals surface area contributed by atoms with E-state index in [1.807, 2.05) is 23.1 Å². The summed E-state index contributed by atoms with van der Waals surface area (Å²) in [6.45, 7) is 0.839. The van der Waals surface area contributed by atoms with Crippen molar-refractivity contribution in [1.29, 1.82) is 0 Å². The van der Waals surface area contributed by atoms with Crippen LogP contribution in [0.5, 0.6) is 0 Å². The molecule has 2 heterocycles. The van der Waals surface area contributed by atoms with E-state index in [0.717, 1.165) is 16.7 Å². The fourth-order valence-corrected chi connectivity index (χ4v) is 3.34. The Hall–Kier alpha value is -3.38. The van der Waals surface area contributed by atoms with E-state index in [0.29, 0.717) is 12.3 Å². The van der Waals surface area contributed by atoms with E-state index < -0.39 is 12.1 Å². The van der Waals surface area contributed by atoms with E-state index in [2.05, 4.69) is 46.5 Å². The number of furan rings is 1. The van der Waals surface area contributed by atoms with Crippen molar-refractivity contribution in [2.45, 2.75) is 12.7 Å². The molecular formula is C22H20N2O4. The minimum Gasteiger partial charge on any atom is -0.463 e. The number of rotatable bonds is 5. The Kier molecular flexibility index (Phi) is 4.95. The molecular weight excluding hydrogens is 356 g/mol. The van der Waals surface area contributed by atoms with E-state index in [-0.39, 0.29) is 18.2 Å². The first-order valence-electron chi connectivity index (χ1n) is 9.00. The van der Waals surface area contributed by atoms with Crippen LogP contribution in [0, 0.1) is 0 Å². The molecule has 0 aliphatic carbocycles. The predicted octanol–water partition coefficient (Wildman–Crippen LogP) is 3.36. The van der Waals surface area contributed by atoms with Gasteiger partial charge in [-0.3, -0.25) is 9.69 Å².